The molecule has 2 aromatic rings. The second kappa shape index (κ2) is 3.93. The average Bonchev–Trinajstić information content (AvgIpc) is 2.72. The van der Waals surface area contributed by atoms with Gasteiger partial charge in [-0.3, -0.25) is 15.6 Å². The third kappa shape index (κ3) is 1.68. The fourth-order valence-electron chi connectivity index (χ4n) is 1.33. The van der Waals surface area contributed by atoms with Gasteiger partial charge in [0, 0.05) is 17.8 Å². The van der Waals surface area contributed by atoms with Gasteiger partial charge in [0.1, 0.15) is 5.65 Å². The van der Waals surface area contributed by atoms with Crippen molar-refractivity contribution < 1.29 is 9.53 Å². The standard InChI is InChI=1S/C10H8N4O2/c11-8(5-15)16-9(12)7-4-14-10-6(7)2-1-3-13-10/h1-5,11-12H,(H,13,14). The lowest BCUT2D eigenvalue weighted by Crippen LogP contribution is -2.12. The summed E-state index contributed by atoms with van der Waals surface area (Å²) in [5, 5.41) is 15.3. The summed E-state index contributed by atoms with van der Waals surface area (Å²) in [6.45, 7) is 0. The average molecular weight is 216 g/mol. The number of aldehydes is 1. The van der Waals surface area contributed by atoms with Crippen molar-refractivity contribution in [1.29, 1.82) is 10.8 Å². The Kier molecular flexibility index (Phi) is 2.47. The molecule has 2 heterocycles. The molecule has 0 atom stereocenters. The van der Waals surface area contributed by atoms with Gasteiger partial charge in [0.15, 0.2) is 0 Å². The molecular formula is C10H8N4O2. The molecule has 0 fully saturated rings. The summed E-state index contributed by atoms with van der Waals surface area (Å²) in [5.74, 6) is -0.848. The summed E-state index contributed by atoms with van der Waals surface area (Å²) in [5.41, 5.74) is 1.10. The van der Waals surface area contributed by atoms with Crippen molar-refractivity contribution in [3.8, 4) is 0 Å². The SMILES string of the molecule is N=C(C=O)OC(=N)c1c[nH]c2ncccc12. The number of aromatic amines is 1. The number of hydrogen-bond donors (Lipinski definition) is 3. The van der Waals surface area contributed by atoms with Crippen molar-refractivity contribution in [2.45, 2.75) is 0 Å². The maximum Gasteiger partial charge on any atom is 0.254 e. The molecule has 0 aliphatic rings. The van der Waals surface area contributed by atoms with E-state index in [0.717, 1.165) is 0 Å². The van der Waals surface area contributed by atoms with Crippen LogP contribution in [0.5, 0.6) is 0 Å². The number of carbonyl (C=O) groups is 1. The summed E-state index contributed by atoms with van der Waals surface area (Å²) >= 11 is 0. The molecular weight excluding hydrogens is 208 g/mol. The van der Waals surface area contributed by atoms with Crippen molar-refractivity contribution >= 4 is 29.1 Å². The first-order chi connectivity index (χ1) is 7.72. The second-order valence-corrected chi connectivity index (χ2v) is 3.02. The van der Waals surface area contributed by atoms with Crippen molar-refractivity contribution in [1.82, 2.24) is 9.97 Å². The molecule has 0 amide bonds. The minimum atomic E-state index is -0.594. The number of ether oxygens (including phenoxy) is 1. The van der Waals surface area contributed by atoms with Crippen molar-refractivity contribution in [2.24, 2.45) is 0 Å². The molecule has 0 radical (unpaired) electrons. The Balaban J connectivity index is 2.36. The first kappa shape index (κ1) is 10.0. The highest BCUT2D eigenvalue weighted by atomic mass is 16.5. The predicted molar refractivity (Wildman–Crippen MR) is 57.8 cm³/mol. The summed E-state index contributed by atoms with van der Waals surface area (Å²) in [6, 6.07) is 3.51. The molecule has 0 unspecified atom stereocenters. The van der Waals surface area contributed by atoms with Crippen LogP contribution in [-0.2, 0) is 9.53 Å². The van der Waals surface area contributed by atoms with Gasteiger partial charge < -0.3 is 9.72 Å². The first-order valence-corrected chi connectivity index (χ1v) is 4.45. The summed E-state index contributed by atoms with van der Waals surface area (Å²) in [6.07, 6.45) is 3.42. The highest BCUT2D eigenvalue weighted by molar-refractivity contribution is 6.26. The van der Waals surface area contributed by atoms with Gasteiger partial charge in [-0.15, -0.1) is 0 Å². The molecule has 3 N–H and O–H groups in total. The van der Waals surface area contributed by atoms with Gasteiger partial charge in [-0.2, -0.15) is 0 Å². The molecule has 0 saturated heterocycles. The van der Waals surface area contributed by atoms with Crippen LogP contribution in [0.2, 0.25) is 0 Å². The normalized spacial score (nSPS) is 10.0. The Morgan fingerprint density at radius 3 is 3.06 bits per heavy atom. The third-order valence-corrected chi connectivity index (χ3v) is 2.01. The van der Waals surface area contributed by atoms with E-state index in [1.807, 2.05) is 0 Å². The lowest BCUT2D eigenvalue weighted by atomic mass is 10.2. The van der Waals surface area contributed by atoms with Crippen molar-refractivity contribution in [2.75, 3.05) is 0 Å². The van der Waals surface area contributed by atoms with Gasteiger partial charge in [0.25, 0.3) is 5.90 Å². The smallest absolute Gasteiger partial charge is 0.254 e. The number of fused-ring (bicyclic) bond motifs is 1. The van der Waals surface area contributed by atoms with Crippen LogP contribution in [0, 0.1) is 10.8 Å². The Hall–Kier alpha value is -2.50. The second-order valence-electron chi connectivity index (χ2n) is 3.02. The molecule has 80 valence electrons. The molecule has 16 heavy (non-hydrogen) atoms. The van der Waals surface area contributed by atoms with Crippen LogP contribution in [0.15, 0.2) is 24.5 Å². The van der Waals surface area contributed by atoms with E-state index in [1.165, 1.54) is 0 Å². The van der Waals surface area contributed by atoms with Crippen LogP contribution in [-0.4, -0.2) is 28.0 Å². The lowest BCUT2D eigenvalue weighted by Gasteiger charge is -2.01. The number of carbonyl (C=O) groups excluding carboxylic acids is 1. The zero-order valence-electron chi connectivity index (χ0n) is 8.15. The van der Waals surface area contributed by atoms with E-state index in [0.29, 0.717) is 16.6 Å². The van der Waals surface area contributed by atoms with Gasteiger partial charge in [-0.05, 0) is 12.1 Å². The highest BCUT2D eigenvalue weighted by Crippen LogP contribution is 2.16. The molecule has 6 heteroatoms. The topological polar surface area (TPSA) is 103 Å². The van der Waals surface area contributed by atoms with Crippen LogP contribution in [0.1, 0.15) is 5.56 Å². The molecule has 0 aliphatic heterocycles. The Bertz CT molecular complexity index is 573. The van der Waals surface area contributed by atoms with Gasteiger partial charge in [0.2, 0.25) is 12.2 Å². The Morgan fingerprint density at radius 1 is 1.50 bits per heavy atom. The van der Waals surface area contributed by atoms with Gasteiger partial charge in [0.05, 0.1) is 5.56 Å². The summed E-state index contributed by atoms with van der Waals surface area (Å²) in [7, 11) is 0. The number of aromatic nitrogens is 2. The zero-order chi connectivity index (χ0) is 11.5. The predicted octanol–water partition coefficient (Wildman–Crippen LogP) is 1.08. The van der Waals surface area contributed by atoms with Crippen LogP contribution >= 0.6 is 0 Å². The van der Waals surface area contributed by atoms with E-state index in [2.05, 4.69) is 9.97 Å². The minimum absolute atomic E-state index is 0.238. The van der Waals surface area contributed by atoms with E-state index in [9.17, 15) is 4.79 Å². The number of H-pyrrole nitrogens is 1. The molecule has 0 aliphatic carbocycles. The minimum Gasteiger partial charge on any atom is -0.418 e. The summed E-state index contributed by atoms with van der Waals surface area (Å²) < 4.78 is 4.70. The van der Waals surface area contributed by atoms with Crippen LogP contribution in [0.4, 0.5) is 0 Å². The van der Waals surface area contributed by atoms with E-state index in [-0.39, 0.29) is 12.2 Å². The highest BCUT2D eigenvalue weighted by Gasteiger charge is 2.11. The van der Waals surface area contributed by atoms with E-state index in [4.69, 9.17) is 15.6 Å². The van der Waals surface area contributed by atoms with Crippen molar-refractivity contribution in [3.05, 3.63) is 30.1 Å². The van der Waals surface area contributed by atoms with Crippen LogP contribution < -0.4 is 0 Å². The Morgan fingerprint density at radius 2 is 2.31 bits per heavy atom. The maximum atomic E-state index is 10.2. The molecule has 6 nitrogen and oxygen atoms in total. The molecule has 2 rings (SSSR count). The van der Waals surface area contributed by atoms with Gasteiger partial charge >= 0.3 is 0 Å². The first-order valence-electron chi connectivity index (χ1n) is 4.45. The maximum absolute atomic E-state index is 10.2. The molecule has 0 saturated carbocycles. The molecule has 0 aromatic carbocycles. The molecule has 0 bridgehead atoms. The largest absolute Gasteiger partial charge is 0.418 e. The quantitative estimate of drug-likeness (QED) is 0.397. The fraction of sp³-hybridized carbons (Fsp3) is 0. The molecule has 2 aromatic heterocycles. The number of nitrogens with one attached hydrogen (secondary N) is 3. The van der Waals surface area contributed by atoms with Crippen LogP contribution in [0.25, 0.3) is 11.0 Å². The number of nitrogens with zero attached hydrogens (tertiary/aromatic N) is 1. The fourth-order valence-corrected chi connectivity index (χ4v) is 1.33. The Labute approximate surface area is 90.3 Å². The monoisotopic (exact) mass is 216 g/mol. The zero-order valence-corrected chi connectivity index (χ0v) is 8.15. The van der Waals surface area contributed by atoms with Crippen LogP contribution in [0.3, 0.4) is 0 Å². The van der Waals surface area contributed by atoms with Gasteiger partial charge in [-0.1, -0.05) is 0 Å². The van der Waals surface area contributed by atoms with E-state index >= 15 is 0 Å². The number of pyridine rings is 1. The summed E-state index contributed by atoms with van der Waals surface area (Å²) in [4.78, 5) is 17.1. The van der Waals surface area contributed by atoms with Gasteiger partial charge in [-0.25, -0.2) is 4.98 Å². The lowest BCUT2D eigenvalue weighted by molar-refractivity contribution is -0.103. The van der Waals surface area contributed by atoms with E-state index in [1.54, 1.807) is 24.5 Å². The van der Waals surface area contributed by atoms with Crippen molar-refractivity contribution in [3.63, 3.8) is 0 Å². The molecule has 0 spiro atoms. The van der Waals surface area contributed by atoms with E-state index < -0.39 is 5.90 Å². The number of rotatable bonds is 2. The third-order valence-electron chi connectivity index (χ3n) is 2.01. The number of hydrogen-bond acceptors (Lipinski definition) is 5.